The van der Waals surface area contributed by atoms with Crippen LogP contribution in [0.5, 0.6) is 0 Å². The fraction of sp³-hybridized carbons (Fsp3) is 0.300. The molecule has 0 heterocycles. The second-order valence-electron chi connectivity index (χ2n) is 7.11. The van der Waals surface area contributed by atoms with Gasteiger partial charge in [0.25, 0.3) is 0 Å². The Morgan fingerprint density at radius 2 is 0.667 bits per heavy atom. The summed E-state index contributed by atoms with van der Waals surface area (Å²) in [4.78, 5) is 24.3. The van der Waals surface area contributed by atoms with Crippen LogP contribution in [0.25, 0.3) is 0 Å². The maximum atomic E-state index is 13.7. The Balaban J connectivity index is 2.44. The summed E-state index contributed by atoms with van der Waals surface area (Å²) in [7, 11) is 0. The topological polar surface area (TPSA) is 34.1 Å². The van der Waals surface area contributed by atoms with Gasteiger partial charge in [-0.25, -0.2) is 8.78 Å². The number of halogens is 14. The maximum Gasteiger partial charge on any atom is 0.419 e. The number of alkyl halides is 12. The molecule has 2 rings (SSSR count). The van der Waals surface area contributed by atoms with E-state index in [9.17, 15) is 71.1 Å². The van der Waals surface area contributed by atoms with Crippen LogP contribution < -0.4 is 0 Å². The minimum atomic E-state index is -5.69. The second kappa shape index (κ2) is 9.35. The van der Waals surface area contributed by atoms with Gasteiger partial charge in [0, 0.05) is 24.0 Å². The van der Waals surface area contributed by atoms with E-state index in [1.54, 1.807) is 0 Å². The molecule has 2 nitrogen and oxygen atoms in total. The standard InChI is InChI=1S/C20H8F14O2/c21-15-9(17(23,24)25)3-7(4-10(15)18(26,27)28)13(35)1-2-14(36)8-5-11(19(29,30)31)16(22)12(6-8)20(32,33)34/h3-6H,1-2H2. The van der Waals surface area contributed by atoms with Crippen LogP contribution in [-0.4, -0.2) is 11.6 Å². The SMILES string of the molecule is O=C(CCC(=O)c1cc(C(F)(F)F)c(F)c(C(F)(F)F)c1)c1cc(C(F)(F)F)c(F)c(C(F)(F)F)c1. The van der Waals surface area contributed by atoms with Gasteiger partial charge in [-0.3, -0.25) is 9.59 Å². The summed E-state index contributed by atoms with van der Waals surface area (Å²) in [6, 6.07) is -1.17. The van der Waals surface area contributed by atoms with Crippen molar-refractivity contribution in [2.24, 2.45) is 0 Å². The first-order chi connectivity index (χ1) is 16.0. The van der Waals surface area contributed by atoms with Gasteiger partial charge in [0.05, 0.1) is 22.3 Å². The third-order valence-electron chi connectivity index (χ3n) is 4.59. The molecule has 0 aliphatic rings. The summed E-state index contributed by atoms with van der Waals surface area (Å²) < 4.78 is 182. The fourth-order valence-electron chi connectivity index (χ4n) is 2.91. The molecule has 0 saturated carbocycles. The number of hydrogen-bond donors (Lipinski definition) is 0. The quantitative estimate of drug-likeness (QED) is 0.283. The van der Waals surface area contributed by atoms with Crippen molar-refractivity contribution in [2.75, 3.05) is 0 Å². The zero-order valence-electron chi connectivity index (χ0n) is 16.8. The summed E-state index contributed by atoms with van der Waals surface area (Å²) in [5.41, 5.74) is -12.7. The van der Waals surface area contributed by atoms with E-state index in [1.165, 1.54) is 0 Å². The average Bonchev–Trinajstić information content (AvgIpc) is 2.68. The average molecular weight is 546 g/mol. The molecule has 2 aromatic rings. The van der Waals surface area contributed by atoms with Crippen molar-refractivity contribution in [3.05, 3.63) is 69.3 Å². The van der Waals surface area contributed by atoms with Crippen LogP contribution >= 0.6 is 0 Å². The highest BCUT2D eigenvalue weighted by Crippen LogP contribution is 2.41. The molecule has 0 N–H and O–H groups in total. The van der Waals surface area contributed by atoms with Crippen molar-refractivity contribution < 1.29 is 71.1 Å². The van der Waals surface area contributed by atoms with Crippen molar-refractivity contribution in [1.29, 1.82) is 0 Å². The van der Waals surface area contributed by atoms with Gasteiger partial charge in [0.1, 0.15) is 11.6 Å². The van der Waals surface area contributed by atoms with Crippen LogP contribution in [-0.2, 0) is 24.7 Å². The van der Waals surface area contributed by atoms with Gasteiger partial charge in [-0.1, -0.05) is 0 Å². The van der Waals surface area contributed by atoms with E-state index in [4.69, 9.17) is 0 Å². The van der Waals surface area contributed by atoms with Crippen molar-refractivity contribution >= 4 is 11.6 Å². The van der Waals surface area contributed by atoms with E-state index in [1.807, 2.05) is 0 Å². The Morgan fingerprint density at radius 3 is 0.833 bits per heavy atom. The molecule has 36 heavy (non-hydrogen) atoms. The van der Waals surface area contributed by atoms with Crippen molar-refractivity contribution in [1.82, 2.24) is 0 Å². The largest absolute Gasteiger partial charge is 0.419 e. The molecule has 0 spiro atoms. The molecule has 0 bridgehead atoms. The second-order valence-corrected chi connectivity index (χ2v) is 7.11. The minimum Gasteiger partial charge on any atom is -0.294 e. The lowest BCUT2D eigenvalue weighted by Gasteiger charge is -2.16. The first kappa shape index (κ1) is 29.0. The molecule has 0 saturated heterocycles. The van der Waals surface area contributed by atoms with E-state index in [0.717, 1.165) is 0 Å². The first-order valence-electron chi connectivity index (χ1n) is 9.07. The van der Waals surface area contributed by atoms with Crippen LogP contribution in [0.4, 0.5) is 61.5 Å². The molecule has 0 aliphatic carbocycles. The fourth-order valence-corrected chi connectivity index (χ4v) is 2.91. The molecule has 0 aliphatic heterocycles. The molecule has 0 radical (unpaired) electrons. The van der Waals surface area contributed by atoms with Crippen LogP contribution in [0, 0.1) is 11.6 Å². The zero-order chi connectivity index (χ0) is 28.0. The Hall–Kier alpha value is -3.20. The molecule has 0 aromatic heterocycles. The van der Waals surface area contributed by atoms with Gasteiger partial charge in [-0.2, -0.15) is 52.7 Å². The molecule has 0 unspecified atom stereocenters. The molecule has 198 valence electrons. The van der Waals surface area contributed by atoms with Gasteiger partial charge < -0.3 is 0 Å². The van der Waals surface area contributed by atoms with Crippen molar-refractivity contribution in [3.8, 4) is 0 Å². The Kier molecular flexibility index (Phi) is 7.54. The van der Waals surface area contributed by atoms with Gasteiger partial charge in [0.15, 0.2) is 11.6 Å². The van der Waals surface area contributed by atoms with Gasteiger partial charge in [0.2, 0.25) is 0 Å². The van der Waals surface area contributed by atoms with E-state index in [2.05, 4.69) is 0 Å². The van der Waals surface area contributed by atoms with Gasteiger partial charge in [-0.05, 0) is 24.3 Å². The van der Waals surface area contributed by atoms with Crippen LogP contribution in [0.2, 0.25) is 0 Å². The highest BCUT2D eigenvalue weighted by Gasteiger charge is 2.44. The third kappa shape index (κ3) is 6.32. The maximum absolute atomic E-state index is 13.7. The molecular weight excluding hydrogens is 538 g/mol. The zero-order valence-corrected chi connectivity index (χ0v) is 16.8. The molecule has 16 heteroatoms. The van der Waals surface area contributed by atoms with E-state index in [0.29, 0.717) is 0 Å². The number of ketones is 2. The predicted molar refractivity (Wildman–Crippen MR) is 90.7 cm³/mol. The van der Waals surface area contributed by atoms with Crippen LogP contribution in [0.3, 0.4) is 0 Å². The number of carbonyl (C=O) groups is 2. The highest BCUT2D eigenvalue weighted by molar-refractivity contribution is 6.02. The van der Waals surface area contributed by atoms with E-state index >= 15 is 0 Å². The number of benzene rings is 2. The third-order valence-corrected chi connectivity index (χ3v) is 4.59. The lowest BCUT2D eigenvalue weighted by Crippen LogP contribution is -2.19. The lowest BCUT2D eigenvalue weighted by atomic mass is 9.95. The summed E-state index contributed by atoms with van der Waals surface area (Å²) in [6.07, 6.45) is -25.3. The number of carbonyl (C=O) groups excluding carboxylic acids is 2. The van der Waals surface area contributed by atoms with Crippen molar-refractivity contribution in [2.45, 2.75) is 37.5 Å². The first-order valence-corrected chi connectivity index (χ1v) is 9.07. The minimum absolute atomic E-state index is 0.293. The Bertz CT molecular complexity index is 1020. The predicted octanol–water partition coefficient (Wildman–Crippen LogP) is 7.89. The summed E-state index contributed by atoms with van der Waals surface area (Å²) >= 11 is 0. The van der Waals surface area contributed by atoms with Gasteiger partial charge in [-0.15, -0.1) is 0 Å². The highest BCUT2D eigenvalue weighted by atomic mass is 19.4. The molecule has 0 atom stereocenters. The Labute approximate surface area is 190 Å². The van der Waals surface area contributed by atoms with Crippen LogP contribution in [0.15, 0.2) is 24.3 Å². The normalized spacial score (nSPS) is 13.2. The molecule has 0 fully saturated rings. The summed E-state index contributed by atoms with van der Waals surface area (Å²) in [5.74, 6) is -8.77. The molecule has 0 amide bonds. The monoisotopic (exact) mass is 546 g/mol. The van der Waals surface area contributed by atoms with E-state index in [-0.39, 0.29) is 24.3 Å². The van der Waals surface area contributed by atoms with E-state index < -0.39 is 94.1 Å². The van der Waals surface area contributed by atoms with Gasteiger partial charge >= 0.3 is 24.7 Å². The summed E-state index contributed by atoms with van der Waals surface area (Å²) in [5, 5.41) is 0. The van der Waals surface area contributed by atoms with Crippen LogP contribution in [0.1, 0.15) is 55.8 Å². The number of hydrogen-bond acceptors (Lipinski definition) is 2. The number of rotatable bonds is 5. The molecule has 2 aromatic carbocycles. The smallest absolute Gasteiger partial charge is 0.294 e. The Morgan fingerprint density at radius 1 is 0.472 bits per heavy atom. The molecular formula is C20H8F14O2. The summed E-state index contributed by atoms with van der Waals surface area (Å²) in [6.45, 7) is 0. The lowest BCUT2D eigenvalue weighted by molar-refractivity contribution is -0.149. The van der Waals surface area contributed by atoms with Crippen molar-refractivity contribution in [3.63, 3.8) is 0 Å². The number of Topliss-reactive ketones (excluding diaryl/α,β-unsaturated/α-hetero) is 2.